The van der Waals surface area contributed by atoms with Crippen LogP contribution in [-0.4, -0.2) is 4.57 Å². The normalized spacial score (nSPS) is 10.8. The number of aryl methyl sites for hydroxylation is 1. The summed E-state index contributed by atoms with van der Waals surface area (Å²) < 4.78 is 3.75. The van der Waals surface area contributed by atoms with Crippen molar-refractivity contribution in [2.75, 3.05) is 0 Å². The summed E-state index contributed by atoms with van der Waals surface area (Å²) in [6, 6.07) is 4.45. The molecule has 0 aliphatic rings. The Balaban J connectivity index is 3.37. The van der Waals surface area contributed by atoms with Crippen molar-refractivity contribution in [3.63, 3.8) is 0 Å². The van der Waals surface area contributed by atoms with Gasteiger partial charge in [-0.2, -0.15) is 0 Å². The molecule has 0 unspecified atom stereocenters. The molecule has 0 N–H and O–H groups in total. The van der Waals surface area contributed by atoms with Crippen molar-refractivity contribution in [2.45, 2.75) is 26.7 Å². The van der Waals surface area contributed by atoms with Gasteiger partial charge in [-0.25, -0.2) is 0 Å². The van der Waals surface area contributed by atoms with Gasteiger partial charge in [0.1, 0.15) is 0 Å². The summed E-state index contributed by atoms with van der Waals surface area (Å²) in [5.74, 6) is 0.643. The Kier molecular flexibility index (Phi) is 3.06. The van der Waals surface area contributed by atoms with E-state index in [4.69, 9.17) is 0 Å². The molecule has 0 bridgehead atoms. The van der Waals surface area contributed by atoms with E-state index in [9.17, 15) is 0 Å². The van der Waals surface area contributed by atoms with Gasteiger partial charge in [-0.05, 0) is 0 Å². The summed E-state index contributed by atoms with van der Waals surface area (Å²) >= 11 is 1.56. The first-order valence-corrected chi connectivity index (χ1v) is 5.67. The summed E-state index contributed by atoms with van der Waals surface area (Å²) in [5.41, 5.74) is 2.82. The van der Waals surface area contributed by atoms with Crippen molar-refractivity contribution in [1.29, 1.82) is 0 Å². The maximum atomic E-state index is 2.28. The summed E-state index contributed by atoms with van der Waals surface area (Å²) in [4.78, 5) is 0. The molecule has 0 aromatic carbocycles. The number of hydrogen-bond donors (Lipinski definition) is 0. The predicted octanol–water partition coefficient (Wildman–Crippen LogP) is 2.54. The van der Waals surface area contributed by atoms with Gasteiger partial charge < -0.3 is 0 Å². The van der Waals surface area contributed by atoms with Crippen LogP contribution in [0.2, 0.25) is 0 Å². The van der Waals surface area contributed by atoms with Crippen LogP contribution in [0.15, 0.2) is 12.1 Å². The summed E-state index contributed by atoms with van der Waals surface area (Å²) in [7, 11) is 2.14. The number of hydrogen-bond acceptors (Lipinski definition) is 0. The van der Waals surface area contributed by atoms with Crippen LogP contribution in [0.5, 0.6) is 0 Å². The molecule has 12 heavy (non-hydrogen) atoms. The molecule has 0 saturated heterocycles. The van der Waals surface area contributed by atoms with E-state index in [1.807, 2.05) is 0 Å². The molecule has 0 saturated carbocycles. The standard InChI is InChI=1S/C10H15N.W/c1-8(2)10-6-5-9(3)11(4)7-10;/h5-6,8H,1-4H3;. The maximum absolute atomic E-state index is 2.28. The van der Waals surface area contributed by atoms with Gasteiger partial charge in [-0.3, -0.25) is 0 Å². The molecule has 0 aliphatic carbocycles. The SMILES string of the molecule is Cc1ccc(C(C)C)[c](=[W])n1C. The quantitative estimate of drug-likeness (QED) is 0.744. The molecule has 1 rings (SSSR count). The Labute approximate surface area is 84.8 Å². The van der Waals surface area contributed by atoms with Crippen molar-refractivity contribution in [1.82, 2.24) is 4.57 Å². The Hall–Kier alpha value is -0.162. The third kappa shape index (κ3) is 1.77. The zero-order valence-corrected chi connectivity index (χ0v) is 11.0. The van der Waals surface area contributed by atoms with Gasteiger partial charge in [0.05, 0.1) is 0 Å². The monoisotopic (exact) mass is 333 g/mol. The van der Waals surface area contributed by atoms with Gasteiger partial charge in [0, 0.05) is 0 Å². The second-order valence-corrected chi connectivity index (χ2v) is 4.84. The Bertz CT molecular complexity index is 336. The van der Waals surface area contributed by atoms with E-state index in [0.29, 0.717) is 5.92 Å². The molecule has 1 nitrogen and oxygen atoms in total. The molecule has 1 aromatic heterocycles. The van der Waals surface area contributed by atoms with Gasteiger partial charge in [-0.1, -0.05) is 0 Å². The van der Waals surface area contributed by atoms with Gasteiger partial charge in [-0.15, -0.1) is 0 Å². The van der Waals surface area contributed by atoms with E-state index >= 15 is 0 Å². The molecule has 2 heteroatoms. The van der Waals surface area contributed by atoms with Crippen molar-refractivity contribution < 1.29 is 19.4 Å². The fraction of sp³-hybridized carbons (Fsp3) is 0.500. The van der Waals surface area contributed by atoms with E-state index in [-0.39, 0.29) is 0 Å². The van der Waals surface area contributed by atoms with Gasteiger partial charge in [0.25, 0.3) is 0 Å². The van der Waals surface area contributed by atoms with Crippen LogP contribution in [0.3, 0.4) is 0 Å². The van der Waals surface area contributed by atoms with E-state index in [1.165, 1.54) is 14.9 Å². The van der Waals surface area contributed by atoms with E-state index in [1.54, 1.807) is 19.4 Å². The summed E-state index contributed by atoms with van der Waals surface area (Å²) in [6.07, 6.45) is 0. The first-order valence-electron chi connectivity index (χ1n) is 4.20. The Morgan fingerprint density at radius 2 is 1.92 bits per heavy atom. The zero-order chi connectivity index (χ0) is 9.30. The van der Waals surface area contributed by atoms with Crippen molar-refractivity contribution in [2.24, 2.45) is 7.05 Å². The molecule has 0 aliphatic heterocycles. The van der Waals surface area contributed by atoms with Crippen LogP contribution in [0, 0.1) is 10.6 Å². The molecule has 0 amide bonds. The molecule has 1 heterocycles. The molecular weight excluding hydrogens is 318 g/mol. The minimum atomic E-state index is 0.643. The second-order valence-electron chi connectivity index (χ2n) is 3.45. The number of nitrogens with zero attached hydrogens (tertiary/aromatic N) is 1. The van der Waals surface area contributed by atoms with Crippen LogP contribution in [-0.2, 0) is 26.4 Å². The Morgan fingerprint density at radius 1 is 1.33 bits per heavy atom. The number of pyridine rings is 1. The predicted molar refractivity (Wildman–Crippen MR) is 47.5 cm³/mol. The average Bonchev–Trinajstić information content (AvgIpc) is 2.00. The average molecular weight is 333 g/mol. The van der Waals surface area contributed by atoms with Crippen LogP contribution < -0.4 is 0 Å². The first kappa shape index (κ1) is 9.92. The molecule has 0 spiro atoms. The third-order valence-corrected chi connectivity index (χ3v) is 4.04. The van der Waals surface area contributed by atoms with Crippen LogP contribution in [0.4, 0.5) is 0 Å². The molecular formula is C10H15NW. The molecule has 66 valence electrons. The van der Waals surface area contributed by atoms with Gasteiger partial charge in [0.15, 0.2) is 0 Å². The van der Waals surface area contributed by atoms with Crippen LogP contribution in [0.1, 0.15) is 31.0 Å². The van der Waals surface area contributed by atoms with Crippen LogP contribution >= 0.6 is 0 Å². The van der Waals surface area contributed by atoms with Crippen molar-refractivity contribution >= 4 is 0 Å². The topological polar surface area (TPSA) is 4.93 Å². The molecule has 0 atom stereocenters. The zero-order valence-electron chi connectivity index (χ0n) is 8.09. The Morgan fingerprint density at radius 3 is 2.42 bits per heavy atom. The molecule has 0 radical (unpaired) electrons. The number of aromatic nitrogens is 1. The third-order valence-electron chi connectivity index (χ3n) is 2.21. The minimum absolute atomic E-state index is 0.643. The summed E-state index contributed by atoms with van der Waals surface area (Å²) in [5, 5.41) is 0. The van der Waals surface area contributed by atoms with E-state index < -0.39 is 0 Å². The fourth-order valence-corrected chi connectivity index (χ4v) is 2.80. The van der Waals surface area contributed by atoms with Crippen LogP contribution in [0.25, 0.3) is 0 Å². The number of rotatable bonds is 1. The first-order chi connectivity index (χ1) is 5.54. The van der Waals surface area contributed by atoms with Gasteiger partial charge >= 0.3 is 84.7 Å². The fourth-order valence-electron chi connectivity index (χ4n) is 1.19. The van der Waals surface area contributed by atoms with Gasteiger partial charge in [0.2, 0.25) is 0 Å². The van der Waals surface area contributed by atoms with E-state index in [2.05, 4.69) is 44.5 Å². The van der Waals surface area contributed by atoms with Crippen molar-refractivity contribution in [3.05, 3.63) is 27.1 Å². The van der Waals surface area contributed by atoms with Crippen molar-refractivity contribution in [3.8, 4) is 0 Å². The van der Waals surface area contributed by atoms with E-state index in [0.717, 1.165) is 0 Å². The molecule has 1 aromatic rings. The molecule has 0 fully saturated rings. The second kappa shape index (κ2) is 3.70. The summed E-state index contributed by atoms with van der Waals surface area (Å²) in [6.45, 7) is 6.64.